The zero-order valence-corrected chi connectivity index (χ0v) is 19.1. The highest BCUT2D eigenvalue weighted by Crippen LogP contribution is 2.35. The third-order valence-electron chi connectivity index (χ3n) is 5.94. The Morgan fingerprint density at radius 2 is 1.81 bits per heavy atom. The Morgan fingerprint density at radius 1 is 1.03 bits per heavy atom. The molecule has 0 radical (unpaired) electrons. The predicted octanol–water partition coefficient (Wildman–Crippen LogP) is 4.03. The minimum absolute atomic E-state index is 0.0460. The fraction of sp³-hybridized carbons (Fsp3) is 0.304. The number of fused-ring (bicyclic) bond motifs is 2. The van der Waals surface area contributed by atoms with Gasteiger partial charge in [-0.25, -0.2) is 13.4 Å². The first-order valence-corrected chi connectivity index (χ1v) is 13.0. The second kappa shape index (κ2) is 7.46. The molecule has 0 bridgehead atoms. The molecule has 1 amide bonds. The molecule has 0 N–H and O–H groups in total. The van der Waals surface area contributed by atoms with Crippen molar-refractivity contribution in [1.82, 2.24) is 4.98 Å². The average molecular weight is 454 g/mol. The second-order valence-electron chi connectivity index (χ2n) is 8.08. The number of nitrogens with zero attached hydrogens (tertiary/aromatic N) is 3. The first kappa shape index (κ1) is 20.2. The summed E-state index contributed by atoms with van der Waals surface area (Å²) in [6.07, 6.45) is 3.56. The standard InChI is InChI=1S/C23H23N3O3S2/c1-15-24-20(14-30-15)16-5-7-21-18(12-16)9-11-25(21)23(27)19-6-8-22-17(13-19)4-3-10-26(22)31(2,28)29/h5-8,12-14H,3-4,9-11H2,1-2H3. The minimum Gasteiger partial charge on any atom is -0.308 e. The summed E-state index contributed by atoms with van der Waals surface area (Å²) in [6.45, 7) is 3.12. The molecule has 3 aromatic rings. The number of hydrogen-bond donors (Lipinski definition) is 0. The van der Waals surface area contributed by atoms with Crippen LogP contribution in [-0.4, -0.2) is 38.7 Å². The molecule has 0 unspecified atom stereocenters. The Labute approximate surface area is 186 Å². The number of aryl methyl sites for hydroxylation is 2. The maximum Gasteiger partial charge on any atom is 0.258 e. The van der Waals surface area contributed by atoms with Gasteiger partial charge in [0.2, 0.25) is 10.0 Å². The fourth-order valence-electron chi connectivity index (χ4n) is 4.46. The largest absolute Gasteiger partial charge is 0.308 e. The normalized spacial score (nSPS) is 15.7. The number of sulfonamides is 1. The van der Waals surface area contributed by atoms with Gasteiger partial charge in [-0.15, -0.1) is 11.3 Å². The summed E-state index contributed by atoms with van der Waals surface area (Å²) in [7, 11) is -3.32. The van der Waals surface area contributed by atoms with E-state index in [1.165, 1.54) is 10.6 Å². The van der Waals surface area contributed by atoms with Crippen molar-refractivity contribution in [1.29, 1.82) is 0 Å². The maximum absolute atomic E-state index is 13.3. The summed E-state index contributed by atoms with van der Waals surface area (Å²) in [6, 6.07) is 11.5. The van der Waals surface area contributed by atoms with Crippen LogP contribution in [0.25, 0.3) is 11.3 Å². The van der Waals surface area contributed by atoms with Gasteiger partial charge in [0, 0.05) is 35.3 Å². The number of thiazole rings is 1. The molecule has 2 aromatic carbocycles. The number of rotatable bonds is 3. The number of carbonyl (C=O) groups excluding carboxylic acids is 1. The van der Waals surface area contributed by atoms with Crippen molar-refractivity contribution >= 4 is 38.6 Å². The Morgan fingerprint density at radius 3 is 2.55 bits per heavy atom. The van der Waals surface area contributed by atoms with Gasteiger partial charge in [0.05, 0.1) is 22.6 Å². The van der Waals surface area contributed by atoms with Crippen LogP contribution in [0.1, 0.15) is 32.9 Å². The van der Waals surface area contributed by atoms with Crippen molar-refractivity contribution in [2.24, 2.45) is 0 Å². The Kier molecular flexibility index (Phi) is 4.86. The summed E-state index contributed by atoms with van der Waals surface area (Å²) < 4.78 is 25.6. The van der Waals surface area contributed by atoms with E-state index in [9.17, 15) is 13.2 Å². The maximum atomic E-state index is 13.3. The highest BCUT2D eigenvalue weighted by Gasteiger charge is 2.29. The van der Waals surface area contributed by atoms with Gasteiger partial charge in [-0.2, -0.15) is 0 Å². The van der Waals surface area contributed by atoms with Crippen molar-refractivity contribution in [3.05, 3.63) is 63.5 Å². The van der Waals surface area contributed by atoms with E-state index in [1.807, 2.05) is 30.0 Å². The molecule has 2 aliphatic rings. The lowest BCUT2D eigenvalue weighted by Crippen LogP contribution is -2.35. The van der Waals surface area contributed by atoms with Crippen LogP contribution >= 0.6 is 11.3 Å². The molecule has 0 atom stereocenters. The van der Waals surface area contributed by atoms with E-state index >= 15 is 0 Å². The quantitative estimate of drug-likeness (QED) is 0.600. The molecule has 6 nitrogen and oxygen atoms in total. The van der Waals surface area contributed by atoms with E-state index in [4.69, 9.17) is 0 Å². The number of anilines is 2. The van der Waals surface area contributed by atoms with Crippen LogP contribution in [0.15, 0.2) is 41.8 Å². The Balaban J connectivity index is 1.44. The van der Waals surface area contributed by atoms with E-state index in [1.54, 1.807) is 23.5 Å². The van der Waals surface area contributed by atoms with Crippen LogP contribution in [0.2, 0.25) is 0 Å². The topological polar surface area (TPSA) is 70.6 Å². The molecular formula is C23H23N3O3S2. The molecule has 5 rings (SSSR count). The molecule has 8 heteroatoms. The van der Waals surface area contributed by atoms with Crippen molar-refractivity contribution in [3.8, 4) is 11.3 Å². The lowest BCUT2D eigenvalue weighted by molar-refractivity contribution is 0.0989. The molecule has 0 aliphatic carbocycles. The second-order valence-corrected chi connectivity index (χ2v) is 11.1. The molecule has 0 saturated carbocycles. The highest BCUT2D eigenvalue weighted by atomic mass is 32.2. The minimum atomic E-state index is -3.32. The lowest BCUT2D eigenvalue weighted by Gasteiger charge is -2.29. The summed E-state index contributed by atoms with van der Waals surface area (Å²) in [4.78, 5) is 19.7. The van der Waals surface area contributed by atoms with E-state index in [2.05, 4.69) is 16.4 Å². The first-order valence-electron chi connectivity index (χ1n) is 10.3. The number of carbonyl (C=O) groups is 1. The van der Waals surface area contributed by atoms with Crippen LogP contribution in [0, 0.1) is 6.92 Å². The van der Waals surface area contributed by atoms with Gasteiger partial charge in [-0.05, 0) is 67.6 Å². The summed E-state index contributed by atoms with van der Waals surface area (Å²) in [5.41, 5.74) is 6.34. The van der Waals surface area contributed by atoms with Crippen molar-refractivity contribution in [3.63, 3.8) is 0 Å². The van der Waals surface area contributed by atoms with Crippen LogP contribution in [-0.2, 0) is 22.9 Å². The van der Waals surface area contributed by atoms with Crippen LogP contribution in [0.5, 0.6) is 0 Å². The van der Waals surface area contributed by atoms with E-state index in [-0.39, 0.29) is 5.91 Å². The molecule has 1 aromatic heterocycles. The van der Waals surface area contributed by atoms with Crippen LogP contribution < -0.4 is 9.21 Å². The molecule has 0 fully saturated rings. The molecule has 0 spiro atoms. The SMILES string of the molecule is Cc1nc(-c2ccc3c(c2)CCN3C(=O)c2ccc3c(c2)CCCN3S(C)(=O)=O)cs1. The van der Waals surface area contributed by atoms with E-state index in [0.717, 1.165) is 52.3 Å². The number of benzene rings is 2. The summed E-state index contributed by atoms with van der Waals surface area (Å²) >= 11 is 1.63. The highest BCUT2D eigenvalue weighted by molar-refractivity contribution is 7.92. The van der Waals surface area contributed by atoms with Crippen LogP contribution in [0.4, 0.5) is 11.4 Å². The van der Waals surface area contributed by atoms with Gasteiger partial charge < -0.3 is 4.90 Å². The van der Waals surface area contributed by atoms with Gasteiger partial charge in [0.1, 0.15) is 0 Å². The molecular weight excluding hydrogens is 430 g/mol. The van der Waals surface area contributed by atoms with E-state index in [0.29, 0.717) is 24.3 Å². The van der Waals surface area contributed by atoms with Gasteiger partial charge in [-0.3, -0.25) is 9.10 Å². The molecule has 2 aliphatic heterocycles. The van der Waals surface area contributed by atoms with Crippen LogP contribution in [0.3, 0.4) is 0 Å². The van der Waals surface area contributed by atoms with Gasteiger partial charge in [0.25, 0.3) is 5.91 Å². The fourth-order valence-corrected chi connectivity index (χ4v) is 6.08. The zero-order chi connectivity index (χ0) is 21.8. The molecule has 160 valence electrons. The van der Waals surface area contributed by atoms with Gasteiger partial charge >= 0.3 is 0 Å². The van der Waals surface area contributed by atoms with Crippen molar-refractivity contribution < 1.29 is 13.2 Å². The molecule has 0 saturated heterocycles. The summed E-state index contributed by atoms with van der Waals surface area (Å²) in [5.74, 6) is -0.0460. The average Bonchev–Trinajstić information content (AvgIpc) is 3.37. The van der Waals surface area contributed by atoms with Crippen molar-refractivity contribution in [2.75, 3.05) is 28.6 Å². The first-order chi connectivity index (χ1) is 14.8. The summed E-state index contributed by atoms with van der Waals surface area (Å²) in [5, 5.41) is 3.09. The van der Waals surface area contributed by atoms with Gasteiger partial charge in [0.15, 0.2) is 0 Å². The smallest absolute Gasteiger partial charge is 0.258 e. The number of amides is 1. The van der Waals surface area contributed by atoms with E-state index < -0.39 is 10.0 Å². The Bertz CT molecular complexity index is 1300. The van der Waals surface area contributed by atoms with Gasteiger partial charge in [-0.1, -0.05) is 6.07 Å². The predicted molar refractivity (Wildman–Crippen MR) is 125 cm³/mol. The number of hydrogen-bond acceptors (Lipinski definition) is 5. The van der Waals surface area contributed by atoms with Crippen molar-refractivity contribution in [2.45, 2.75) is 26.2 Å². The lowest BCUT2D eigenvalue weighted by atomic mass is 10.00. The zero-order valence-electron chi connectivity index (χ0n) is 17.5. The Hall–Kier alpha value is -2.71. The third kappa shape index (κ3) is 3.64. The molecule has 31 heavy (non-hydrogen) atoms. The molecule has 3 heterocycles. The number of aromatic nitrogens is 1. The third-order valence-corrected chi connectivity index (χ3v) is 7.89. The monoisotopic (exact) mass is 453 g/mol.